The van der Waals surface area contributed by atoms with Gasteiger partial charge in [0.05, 0.1) is 29.8 Å². The third-order valence-electron chi connectivity index (χ3n) is 6.20. The number of amides is 1. The van der Waals surface area contributed by atoms with Crippen LogP contribution in [0.3, 0.4) is 0 Å². The minimum atomic E-state index is 0.0426. The van der Waals surface area contributed by atoms with Crippen LogP contribution in [-0.2, 0) is 11.3 Å². The molecule has 0 aromatic carbocycles. The Balaban J connectivity index is 1.51. The van der Waals surface area contributed by atoms with Gasteiger partial charge in [-0.1, -0.05) is 0 Å². The van der Waals surface area contributed by atoms with E-state index >= 15 is 0 Å². The Hall–Kier alpha value is -2.58. The van der Waals surface area contributed by atoms with Gasteiger partial charge in [-0.3, -0.25) is 4.79 Å². The van der Waals surface area contributed by atoms with Gasteiger partial charge in [-0.2, -0.15) is 9.78 Å². The van der Waals surface area contributed by atoms with Crippen molar-refractivity contribution in [2.45, 2.75) is 45.8 Å². The van der Waals surface area contributed by atoms with Crippen LogP contribution in [0.5, 0.6) is 0 Å². The summed E-state index contributed by atoms with van der Waals surface area (Å²) in [6.45, 7) is 5.31. The number of hydrogen-bond acceptors (Lipinski definition) is 6. The van der Waals surface area contributed by atoms with Gasteiger partial charge in [0.25, 0.3) is 11.9 Å². The quantitative estimate of drug-likeness (QED) is 0.624. The van der Waals surface area contributed by atoms with Gasteiger partial charge in [-0.15, -0.1) is 11.3 Å². The Kier molecular flexibility index (Phi) is 4.91. The minimum absolute atomic E-state index is 0.0426. The van der Waals surface area contributed by atoms with Crippen molar-refractivity contribution in [2.24, 2.45) is 5.92 Å². The lowest BCUT2D eigenvalue weighted by molar-refractivity contribution is 0.0698. The lowest BCUT2D eigenvalue weighted by Gasteiger charge is -2.27. The second kappa shape index (κ2) is 7.59. The van der Waals surface area contributed by atoms with Crippen molar-refractivity contribution in [3.8, 4) is 17.2 Å². The first-order valence-corrected chi connectivity index (χ1v) is 11.1. The zero-order valence-electron chi connectivity index (χ0n) is 17.5. The second-order valence-electron chi connectivity index (χ2n) is 8.21. The van der Waals surface area contributed by atoms with Crippen molar-refractivity contribution in [3.63, 3.8) is 0 Å². The molecule has 2 unspecified atom stereocenters. The molecule has 2 bridgehead atoms. The largest absolute Gasteiger partial charge is 0.378 e. The molecule has 30 heavy (non-hydrogen) atoms. The molecular weight excluding hydrogens is 398 g/mol. The Labute approximate surface area is 179 Å². The number of methoxy groups -OCH3 is 1. The number of piperidine rings is 1. The van der Waals surface area contributed by atoms with Crippen LogP contribution in [0, 0.1) is 19.8 Å². The molecule has 3 aromatic rings. The van der Waals surface area contributed by atoms with E-state index in [-0.39, 0.29) is 12.5 Å². The molecule has 4 heterocycles. The van der Waals surface area contributed by atoms with E-state index in [4.69, 9.17) is 9.72 Å². The molecule has 2 atom stereocenters. The zero-order chi connectivity index (χ0) is 20.8. The highest BCUT2D eigenvalue weighted by Crippen LogP contribution is 2.38. The number of hydrogen-bond donors (Lipinski definition) is 0. The molecule has 2 aliphatic rings. The first kappa shape index (κ1) is 19.4. The summed E-state index contributed by atoms with van der Waals surface area (Å²) in [4.78, 5) is 27.0. The van der Waals surface area contributed by atoms with Gasteiger partial charge in [0.2, 0.25) is 0 Å². The number of fused-ring (bicyclic) bond motifs is 2. The normalized spacial score (nSPS) is 20.3. The molecule has 0 spiro atoms. The fourth-order valence-electron chi connectivity index (χ4n) is 4.81. The number of aryl methyl sites for hydroxylation is 2. The summed E-state index contributed by atoms with van der Waals surface area (Å²) in [6, 6.07) is 4.42. The van der Waals surface area contributed by atoms with Crippen molar-refractivity contribution < 1.29 is 9.53 Å². The Morgan fingerprint density at radius 2 is 2.20 bits per heavy atom. The number of carbonyl (C=O) groups is 1. The molecule has 156 valence electrons. The topological polar surface area (TPSA) is 73.1 Å². The molecule has 1 amide bonds. The average Bonchev–Trinajstić information content (AvgIpc) is 3.52. The Morgan fingerprint density at radius 3 is 2.87 bits per heavy atom. The molecule has 5 rings (SSSR count). The third kappa shape index (κ3) is 3.24. The van der Waals surface area contributed by atoms with Gasteiger partial charge < -0.3 is 9.64 Å². The summed E-state index contributed by atoms with van der Waals surface area (Å²) < 4.78 is 7.06. The van der Waals surface area contributed by atoms with E-state index in [0.717, 1.165) is 30.6 Å². The fraction of sp³-hybridized carbons (Fsp3) is 0.455. The predicted molar refractivity (Wildman–Crippen MR) is 115 cm³/mol. The lowest BCUT2D eigenvalue weighted by atomic mass is 10.1. The van der Waals surface area contributed by atoms with E-state index in [1.54, 1.807) is 35.5 Å². The summed E-state index contributed by atoms with van der Waals surface area (Å²) in [7, 11) is 1.62. The number of ether oxygens (including phenoxy) is 1. The number of nitrogens with zero attached hydrogens (tertiary/aromatic N) is 5. The molecule has 1 saturated heterocycles. The number of aromatic nitrogens is 4. The van der Waals surface area contributed by atoms with Crippen LogP contribution < -0.4 is 0 Å². The van der Waals surface area contributed by atoms with Crippen molar-refractivity contribution >= 4 is 17.2 Å². The summed E-state index contributed by atoms with van der Waals surface area (Å²) >= 11 is 1.75. The molecule has 0 radical (unpaired) electrons. The molecule has 1 saturated carbocycles. The fourth-order valence-corrected chi connectivity index (χ4v) is 5.75. The van der Waals surface area contributed by atoms with Crippen molar-refractivity contribution in [3.05, 3.63) is 45.5 Å². The van der Waals surface area contributed by atoms with E-state index in [1.807, 2.05) is 11.0 Å². The smallest absolute Gasteiger partial charge is 0.257 e. The molecule has 3 aromatic heterocycles. The number of rotatable bonds is 5. The highest BCUT2D eigenvalue weighted by Gasteiger charge is 2.41. The molecule has 7 nitrogen and oxygen atoms in total. The van der Waals surface area contributed by atoms with E-state index in [0.29, 0.717) is 29.2 Å². The number of likely N-dealkylation sites (tertiary alicyclic amines) is 1. The van der Waals surface area contributed by atoms with Gasteiger partial charge in [0.1, 0.15) is 0 Å². The number of thiophene rings is 1. The van der Waals surface area contributed by atoms with Crippen LogP contribution in [0.25, 0.3) is 17.2 Å². The van der Waals surface area contributed by atoms with Crippen molar-refractivity contribution in [1.82, 2.24) is 24.6 Å². The Morgan fingerprint density at radius 1 is 1.33 bits per heavy atom. The summed E-state index contributed by atoms with van der Waals surface area (Å²) in [5.41, 5.74) is 3.23. The molecular formula is C22H25N5O2S. The zero-order valence-corrected chi connectivity index (χ0v) is 18.3. The van der Waals surface area contributed by atoms with Gasteiger partial charge in [-0.05, 0) is 51.2 Å². The maximum Gasteiger partial charge on any atom is 0.257 e. The van der Waals surface area contributed by atoms with Crippen molar-refractivity contribution in [2.75, 3.05) is 13.7 Å². The molecule has 1 aliphatic heterocycles. The van der Waals surface area contributed by atoms with E-state index in [2.05, 4.69) is 30.0 Å². The van der Waals surface area contributed by atoms with Gasteiger partial charge in [0.15, 0.2) is 0 Å². The maximum atomic E-state index is 13.3. The standard InChI is InChI=1S/C22H25N5O2S/c1-13-8-17(14(2)30-13)19-6-7-23-22(25-19)27-20(12-29-3)18(10-24-27)21(28)26-11-15-4-5-16(26)9-15/h6-8,10,15-16H,4-5,9,11-12H2,1-3H3. The Bertz CT molecular complexity index is 1100. The summed E-state index contributed by atoms with van der Waals surface area (Å²) in [5.74, 6) is 1.14. The highest BCUT2D eigenvalue weighted by atomic mass is 32.1. The summed E-state index contributed by atoms with van der Waals surface area (Å²) in [5, 5.41) is 4.49. The number of carbonyl (C=O) groups excluding carboxylic acids is 1. The first-order chi connectivity index (χ1) is 14.5. The first-order valence-electron chi connectivity index (χ1n) is 10.3. The van der Waals surface area contributed by atoms with Crippen molar-refractivity contribution in [1.29, 1.82) is 0 Å². The molecule has 1 aliphatic carbocycles. The molecule has 8 heteroatoms. The SMILES string of the molecule is COCc1c(C(=O)N2CC3CCC2C3)cnn1-c1nccc(-c2cc(C)sc2C)n1. The lowest BCUT2D eigenvalue weighted by Crippen LogP contribution is -2.38. The monoisotopic (exact) mass is 423 g/mol. The van der Waals surface area contributed by atoms with E-state index in [9.17, 15) is 4.79 Å². The maximum absolute atomic E-state index is 13.3. The second-order valence-corrected chi connectivity index (χ2v) is 9.67. The van der Waals surface area contributed by atoms with Crippen LogP contribution in [-0.4, -0.2) is 50.3 Å². The summed E-state index contributed by atoms with van der Waals surface area (Å²) in [6.07, 6.45) is 6.85. The van der Waals surface area contributed by atoms with Crippen LogP contribution in [0.4, 0.5) is 0 Å². The average molecular weight is 424 g/mol. The predicted octanol–water partition coefficient (Wildman–Crippen LogP) is 3.78. The molecule has 2 fully saturated rings. The van der Waals surface area contributed by atoms with Crippen LogP contribution in [0.15, 0.2) is 24.5 Å². The van der Waals surface area contributed by atoms with Gasteiger partial charge in [0, 0.05) is 41.2 Å². The van der Waals surface area contributed by atoms with Crippen LogP contribution >= 0.6 is 11.3 Å². The van der Waals surface area contributed by atoms with Crippen LogP contribution in [0.2, 0.25) is 0 Å². The minimum Gasteiger partial charge on any atom is -0.378 e. The van der Waals surface area contributed by atoms with E-state index < -0.39 is 0 Å². The third-order valence-corrected chi connectivity index (χ3v) is 7.17. The molecule has 0 N–H and O–H groups in total. The van der Waals surface area contributed by atoms with Gasteiger partial charge >= 0.3 is 0 Å². The van der Waals surface area contributed by atoms with E-state index in [1.165, 1.54) is 16.2 Å². The van der Waals surface area contributed by atoms with Gasteiger partial charge in [-0.25, -0.2) is 9.97 Å². The highest BCUT2D eigenvalue weighted by molar-refractivity contribution is 7.12. The van der Waals surface area contributed by atoms with Crippen LogP contribution in [0.1, 0.15) is 45.1 Å².